The highest BCUT2D eigenvalue weighted by Gasteiger charge is 2.28. The Kier molecular flexibility index (Phi) is 5.40. The van der Waals surface area contributed by atoms with Crippen LogP contribution in [-0.2, 0) is 4.79 Å². The number of nitrogens with two attached hydrogens (primary N) is 2. The molecule has 4 heteroatoms. The molecule has 17 heavy (non-hydrogen) atoms. The van der Waals surface area contributed by atoms with Crippen molar-refractivity contribution >= 4 is 5.91 Å². The van der Waals surface area contributed by atoms with Crippen LogP contribution in [0.1, 0.15) is 52.4 Å². The second kappa shape index (κ2) is 6.36. The fraction of sp³-hybridized carbons (Fsp3) is 0.923. The van der Waals surface area contributed by atoms with Gasteiger partial charge < -0.3 is 16.4 Å². The topological polar surface area (TPSA) is 72.3 Å². The first kappa shape index (κ1) is 14.5. The van der Waals surface area contributed by atoms with Crippen molar-refractivity contribution in [2.75, 3.05) is 13.1 Å². The zero-order valence-corrected chi connectivity index (χ0v) is 11.2. The molecule has 0 aliphatic heterocycles. The first-order valence-corrected chi connectivity index (χ1v) is 6.80. The number of carbonyl (C=O) groups is 1. The molecule has 0 aromatic rings. The van der Waals surface area contributed by atoms with E-state index in [-0.39, 0.29) is 0 Å². The average molecular weight is 241 g/mol. The molecule has 1 unspecified atom stereocenters. The van der Waals surface area contributed by atoms with Gasteiger partial charge in [-0.1, -0.05) is 6.92 Å². The van der Waals surface area contributed by atoms with Crippen LogP contribution < -0.4 is 11.5 Å². The quantitative estimate of drug-likeness (QED) is 0.596. The van der Waals surface area contributed by atoms with Gasteiger partial charge >= 0.3 is 0 Å². The highest BCUT2D eigenvalue weighted by Crippen LogP contribution is 2.27. The van der Waals surface area contributed by atoms with E-state index >= 15 is 0 Å². The van der Waals surface area contributed by atoms with Gasteiger partial charge in [0.1, 0.15) is 0 Å². The molecular weight excluding hydrogens is 214 g/mol. The Morgan fingerprint density at radius 2 is 2.00 bits per heavy atom. The Balaban J connectivity index is 2.16. The number of hydrogen-bond acceptors (Lipinski definition) is 3. The van der Waals surface area contributed by atoms with Crippen molar-refractivity contribution in [3.63, 3.8) is 0 Å². The van der Waals surface area contributed by atoms with Crippen molar-refractivity contribution in [1.29, 1.82) is 0 Å². The molecule has 100 valence electrons. The molecule has 4 N–H and O–H groups in total. The number of unbranched alkanes of at least 4 members (excludes halogenated alkanes) is 1. The Hall–Kier alpha value is -0.610. The first-order valence-electron chi connectivity index (χ1n) is 6.80. The molecule has 0 heterocycles. The average Bonchev–Trinajstić information content (AvgIpc) is 3.06. The summed E-state index contributed by atoms with van der Waals surface area (Å²) in [6.07, 6.45) is 6.70. The van der Waals surface area contributed by atoms with Gasteiger partial charge in [0, 0.05) is 6.04 Å². The molecule has 1 aliphatic rings. The third kappa shape index (κ3) is 5.04. The summed E-state index contributed by atoms with van der Waals surface area (Å²) < 4.78 is 0. The number of primary amides is 1. The SMILES string of the molecule is CCCN(CCCCC(C)(N)C(N)=O)C1CC1. The van der Waals surface area contributed by atoms with E-state index in [2.05, 4.69) is 11.8 Å². The Morgan fingerprint density at radius 3 is 2.47 bits per heavy atom. The summed E-state index contributed by atoms with van der Waals surface area (Å²) in [5.41, 5.74) is 10.2. The Morgan fingerprint density at radius 1 is 1.35 bits per heavy atom. The molecule has 0 aromatic carbocycles. The van der Waals surface area contributed by atoms with Crippen LogP contribution in [0.15, 0.2) is 0 Å². The minimum absolute atomic E-state index is 0.398. The summed E-state index contributed by atoms with van der Waals surface area (Å²) in [4.78, 5) is 13.6. The van der Waals surface area contributed by atoms with E-state index in [9.17, 15) is 4.79 Å². The van der Waals surface area contributed by atoms with Crippen LogP contribution in [0, 0.1) is 0 Å². The molecule has 1 fully saturated rings. The summed E-state index contributed by atoms with van der Waals surface area (Å²) in [5.74, 6) is -0.398. The lowest BCUT2D eigenvalue weighted by atomic mass is 9.95. The third-order valence-electron chi connectivity index (χ3n) is 3.53. The number of rotatable bonds is 9. The first-order chi connectivity index (χ1) is 7.97. The molecule has 0 spiro atoms. The normalized spacial score (nSPS) is 19.3. The van der Waals surface area contributed by atoms with Gasteiger partial charge in [-0.05, 0) is 58.5 Å². The Labute approximate surface area is 105 Å². The summed E-state index contributed by atoms with van der Waals surface area (Å²) in [6, 6.07) is 0.829. The van der Waals surface area contributed by atoms with Crippen molar-refractivity contribution < 1.29 is 4.79 Å². The fourth-order valence-corrected chi connectivity index (χ4v) is 2.13. The van der Waals surface area contributed by atoms with Crippen LogP contribution in [0.4, 0.5) is 0 Å². The van der Waals surface area contributed by atoms with Gasteiger partial charge in [0.2, 0.25) is 5.91 Å². The molecule has 1 rings (SSSR count). The van der Waals surface area contributed by atoms with Crippen molar-refractivity contribution in [3.05, 3.63) is 0 Å². The zero-order valence-electron chi connectivity index (χ0n) is 11.2. The number of hydrogen-bond donors (Lipinski definition) is 2. The largest absolute Gasteiger partial charge is 0.368 e. The van der Waals surface area contributed by atoms with E-state index in [4.69, 9.17) is 11.5 Å². The van der Waals surface area contributed by atoms with Crippen LogP contribution in [0.5, 0.6) is 0 Å². The fourth-order valence-electron chi connectivity index (χ4n) is 2.13. The predicted molar refractivity (Wildman–Crippen MR) is 70.5 cm³/mol. The van der Waals surface area contributed by atoms with E-state index in [0.29, 0.717) is 6.42 Å². The van der Waals surface area contributed by atoms with Gasteiger partial charge in [0.25, 0.3) is 0 Å². The van der Waals surface area contributed by atoms with Crippen molar-refractivity contribution in [2.45, 2.75) is 64.0 Å². The molecule has 1 amide bonds. The minimum Gasteiger partial charge on any atom is -0.368 e. The van der Waals surface area contributed by atoms with Gasteiger partial charge in [-0.3, -0.25) is 4.79 Å². The van der Waals surface area contributed by atoms with Gasteiger partial charge in [-0.15, -0.1) is 0 Å². The van der Waals surface area contributed by atoms with E-state index in [0.717, 1.165) is 25.4 Å². The van der Waals surface area contributed by atoms with Gasteiger partial charge in [0.05, 0.1) is 5.54 Å². The van der Waals surface area contributed by atoms with E-state index < -0.39 is 11.4 Å². The Bertz CT molecular complexity index is 249. The second-order valence-corrected chi connectivity index (χ2v) is 5.51. The molecular formula is C13H27N3O. The molecule has 0 radical (unpaired) electrons. The van der Waals surface area contributed by atoms with Crippen LogP contribution >= 0.6 is 0 Å². The van der Waals surface area contributed by atoms with Gasteiger partial charge in [-0.25, -0.2) is 0 Å². The highest BCUT2D eigenvalue weighted by molar-refractivity contribution is 5.83. The number of nitrogens with zero attached hydrogens (tertiary/aromatic N) is 1. The summed E-state index contributed by atoms with van der Waals surface area (Å²) >= 11 is 0. The van der Waals surface area contributed by atoms with Crippen LogP contribution in [0.3, 0.4) is 0 Å². The van der Waals surface area contributed by atoms with Gasteiger partial charge in [0.15, 0.2) is 0 Å². The maximum absolute atomic E-state index is 11.1. The van der Waals surface area contributed by atoms with Crippen LogP contribution in [-0.4, -0.2) is 35.5 Å². The lowest BCUT2D eigenvalue weighted by Crippen LogP contribution is -2.49. The monoisotopic (exact) mass is 241 g/mol. The third-order valence-corrected chi connectivity index (χ3v) is 3.53. The summed E-state index contributed by atoms with van der Waals surface area (Å²) in [7, 11) is 0. The van der Waals surface area contributed by atoms with E-state index in [1.54, 1.807) is 6.92 Å². The predicted octanol–water partition coefficient (Wildman–Crippen LogP) is 1.23. The molecule has 0 saturated heterocycles. The molecule has 4 nitrogen and oxygen atoms in total. The minimum atomic E-state index is -0.838. The standard InChI is InChI=1S/C13H27N3O/c1-3-9-16(11-6-7-11)10-5-4-8-13(2,15)12(14)17/h11H,3-10,15H2,1-2H3,(H2,14,17). The summed E-state index contributed by atoms with van der Waals surface area (Å²) in [5, 5.41) is 0. The lowest BCUT2D eigenvalue weighted by Gasteiger charge is -2.23. The second-order valence-electron chi connectivity index (χ2n) is 5.51. The molecule has 1 saturated carbocycles. The molecule has 0 aromatic heterocycles. The lowest BCUT2D eigenvalue weighted by molar-refractivity contribution is -0.122. The van der Waals surface area contributed by atoms with Crippen molar-refractivity contribution in [3.8, 4) is 0 Å². The maximum Gasteiger partial charge on any atom is 0.237 e. The number of amides is 1. The summed E-state index contributed by atoms with van der Waals surface area (Å²) in [6.45, 7) is 6.27. The zero-order chi connectivity index (χ0) is 12.9. The highest BCUT2D eigenvalue weighted by atomic mass is 16.1. The molecule has 1 aliphatic carbocycles. The molecule has 1 atom stereocenters. The maximum atomic E-state index is 11.1. The van der Waals surface area contributed by atoms with Crippen LogP contribution in [0.2, 0.25) is 0 Å². The van der Waals surface area contributed by atoms with Crippen molar-refractivity contribution in [2.24, 2.45) is 11.5 Å². The van der Waals surface area contributed by atoms with Gasteiger partial charge in [-0.2, -0.15) is 0 Å². The smallest absolute Gasteiger partial charge is 0.237 e. The van der Waals surface area contributed by atoms with Crippen molar-refractivity contribution in [1.82, 2.24) is 4.90 Å². The molecule has 0 bridgehead atoms. The van der Waals surface area contributed by atoms with Crippen LogP contribution in [0.25, 0.3) is 0 Å². The number of carbonyl (C=O) groups excluding carboxylic acids is 1. The van der Waals surface area contributed by atoms with E-state index in [1.165, 1.54) is 25.8 Å². The van der Waals surface area contributed by atoms with E-state index in [1.807, 2.05) is 0 Å².